The van der Waals surface area contributed by atoms with Gasteiger partial charge in [-0.25, -0.2) is 0 Å². The number of hydrogen-bond acceptors (Lipinski definition) is 4. The molecule has 0 bridgehead atoms. The van der Waals surface area contributed by atoms with E-state index in [-0.39, 0.29) is 6.61 Å². The summed E-state index contributed by atoms with van der Waals surface area (Å²) in [5, 5.41) is 12.0. The second-order valence-corrected chi connectivity index (χ2v) is 4.56. The van der Waals surface area contributed by atoms with Crippen LogP contribution in [0, 0.1) is 0 Å². The normalized spacial score (nSPS) is 16.7. The second kappa shape index (κ2) is 7.36. The molecule has 0 amide bonds. The molecule has 0 aliphatic carbocycles. The van der Waals surface area contributed by atoms with Gasteiger partial charge < -0.3 is 20.1 Å². The molecule has 0 unspecified atom stereocenters. The van der Waals surface area contributed by atoms with E-state index in [0.717, 1.165) is 44.9 Å². The maximum absolute atomic E-state index is 8.68. The van der Waals surface area contributed by atoms with E-state index in [9.17, 15) is 0 Å². The number of piperazine rings is 1. The van der Waals surface area contributed by atoms with E-state index in [1.165, 1.54) is 5.56 Å². The van der Waals surface area contributed by atoms with Crippen molar-refractivity contribution in [3.63, 3.8) is 0 Å². The number of nitrogens with one attached hydrogen (secondary N) is 1. The van der Waals surface area contributed by atoms with Gasteiger partial charge in [0.2, 0.25) is 0 Å². The van der Waals surface area contributed by atoms with Crippen molar-refractivity contribution in [3.05, 3.63) is 29.8 Å². The van der Waals surface area contributed by atoms with Crippen LogP contribution in [0.15, 0.2) is 24.3 Å². The van der Waals surface area contributed by atoms with Crippen LogP contribution in [0.2, 0.25) is 0 Å². The van der Waals surface area contributed by atoms with Crippen LogP contribution in [0.5, 0.6) is 5.75 Å². The Labute approximate surface area is 109 Å². The van der Waals surface area contributed by atoms with Gasteiger partial charge in [-0.3, -0.25) is 0 Å². The molecule has 1 saturated heterocycles. The Morgan fingerprint density at radius 2 is 1.89 bits per heavy atom. The molecule has 4 heteroatoms. The summed E-state index contributed by atoms with van der Waals surface area (Å²) in [4.78, 5) is 2.49. The zero-order valence-electron chi connectivity index (χ0n) is 10.8. The van der Waals surface area contributed by atoms with Crippen molar-refractivity contribution in [2.45, 2.75) is 6.42 Å². The van der Waals surface area contributed by atoms with E-state index in [1.807, 2.05) is 12.1 Å². The van der Waals surface area contributed by atoms with Crippen LogP contribution in [0.3, 0.4) is 0 Å². The SMILES string of the molecule is OCCOc1ccc(CCN2CCNCC2)cc1. The molecule has 4 nitrogen and oxygen atoms in total. The number of ether oxygens (including phenoxy) is 1. The van der Waals surface area contributed by atoms with Gasteiger partial charge in [0.15, 0.2) is 0 Å². The number of aliphatic hydroxyl groups is 1. The first-order chi connectivity index (χ1) is 8.88. The molecular weight excluding hydrogens is 228 g/mol. The van der Waals surface area contributed by atoms with Crippen molar-refractivity contribution in [2.24, 2.45) is 0 Å². The zero-order chi connectivity index (χ0) is 12.6. The maximum atomic E-state index is 8.68. The van der Waals surface area contributed by atoms with Gasteiger partial charge in [-0.1, -0.05) is 12.1 Å². The molecule has 0 aromatic heterocycles. The molecule has 100 valence electrons. The largest absolute Gasteiger partial charge is 0.491 e. The monoisotopic (exact) mass is 250 g/mol. The van der Waals surface area contributed by atoms with E-state index >= 15 is 0 Å². The molecule has 0 spiro atoms. The first-order valence-corrected chi connectivity index (χ1v) is 6.64. The number of hydrogen-bond donors (Lipinski definition) is 2. The lowest BCUT2D eigenvalue weighted by atomic mass is 10.1. The van der Waals surface area contributed by atoms with Crippen LogP contribution in [0.25, 0.3) is 0 Å². The number of rotatable bonds is 6. The fourth-order valence-corrected chi connectivity index (χ4v) is 2.14. The van der Waals surface area contributed by atoms with Gasteiger partial charge in [0.05, 0.1) is 6.61 Å². The summed E-state index contributed by atoms with van der Waals surface area (Å²) in [7, 11) is 0. The molecule has 0 saturated carbocycles. The number of nitrogens with zero attached hydrogens (tertiary/aromatic N) is 1. The lowest BCUT2D eigenvalue weighted by molar-refractivity contribution is 0.201. The van der Waals surface area contributed by atoms with Crippen molar-refractivity contribution in [3.8, 4) is 5.75 Å². The summed E-state index contributed by atoms with van der Waals surface area (Å²) in [6, 6.07) is 8.16. The van der Waals surface area contributed by atoms with Crippen LogP contribution >= 0.6 is 0 Å². The Hall–Kier alpha value is -1.10. The Kier molecular flexibility index (Phi) is 5.45. The van der Waals surface area contributed by atoms with Crippen molar-refractivity contribution >= 4 is 0 Å². The molecule has 2 rings (SSSR count). The summed E-state index contributed by atoms with van der Waals surface area (Å²) >= 11 is 0. The molecule has 1 heterocycles. The lowest BCUT2D eigenvalue weighted by Crippen LogP contribution is -2.44. The first kappa shape index (κ1) is 13.3. The van der Waals surface area contributed by atoms with Gasteiger partial charge in [-0.2, -0.15) is 0 Å². The summed E-state index contributed by atoms with van der Waals surface area (Å²) in [6.07, 6.45) is 1.08. The van der Waals surface area contributed by atoms with Crippen LogP contribution in [-0.4, -0.2) is 55.9 Å². The average Bonchev–Trinajstić information content (AvgIpc) is 2.45. The fraction of sp³-hybridized carbons (Fsp3) is 0.571. The summed E-state index contributed by atoms with van der Waals surface area (Å²) in [5.74, 6) is 0.829. The van der Waals surface area contributed by atoms with Crippen LogP contribution in [-0.2, 0) is 6.42 Å². The van der Waals surface area contributed by atoms with Crippen molar-refractivity contribution in [2.75, 3.05) is 45.9 Å². The van der Waals surface area contributed by atoms with Gasteiger partial charge in [-0.15, -0.1) is 0 Å². The van der Waals surface area contributed by atoms with Crippen molar-refractivity contribution in [1.82, 2.24) is 10.2 Å². The average molecular weight is 250 g/mol. The van der Waals surface area contributed by atoms with Gasteiger partial charge >= 0.3 is 0 Å². The molecular formula is C14H22N2O2. The predicted molar refractivity (Wildman–Crippen MR) is 72.0 cm³/mol. The van der Waals surface area contributed by atoms with E-state index in [0.29, 0.717) is 6.61 Å². The van der Waals surface area contributed by atoms with Crippen molar-refractivity contribution in [1.29, 1.82) is 0 Å². The minimum absolute atomic E-state index is 0.0603. The maximum Gasteiger partial charge on any atom is 0.119 e. The quantitative estimate of drug-likeness (QED) is 0.772. The van der Waals surface area contributed by atoms with Gasteiger partial charge in [0.1, 0.15) is 12.4 Å². The molecule has 1 aliphatic rings. The molecule has 1 aromatic carbocycles. The summed E-state index contributed by atoms with van der Waals surface area (Å²) in [5.41, 5.74) is 1.34. The van der Waals surface area contributed by atoms with E-state index < -0.39 is 0 Å². The lowest BCUT2D eigenvalue weighted by Gasteiger charge is -2.27. The highest BCUT2D eigenvalue weighted by atomic mass is 16.5. The predicted octanol–water partition coefficient (Wildman–Crippen LogP) is 0.505. The number of benzene rings is 1. The molecule has 1 fully saturated rings. The molecule has 0 radical (unpaired) electrons. The number of aliphatic hydroxyl groups excluding tert-OH is 1. The molecule has 1 aromatic rings. The minimum Gasteiger partial charge on any atom is -0.491 e. The van der Waals surface area contributed by atoms with Crippen LogP contribution in [0.1, 0.15) is 5.56 Å². The molecule has 0 atom stereocenters. The Morgan fingerprint density at radius 1 is 1.17 bits per heavy atom. The van der Waals surface area contributed by atoms with Gasteiger partial charge in [-0.05, 0) is 24.1 Å². The third-order valence-corrected chi connectivity index (χ3v) is 3.21. The van der Waals surface area contributed by atoms with Crippen LogP contribution in [0.4, 0.5) is 0 Å². The van der Waals surface area contributed by atoms with Gasteiger partial charge in [0, 0.05) is 32.7 Å². The standard InChI is InChI=1S/C14H22N2O2/c17-11-12-18-14-3-1-13(2-4-14)5-8-16-9-6-15-7-10-16/h1-4,15,17H,5-12H2. The Morgan fingerprint density at radius 3 is 2.56 bits per heavy atom. The molecule has 2 N–H and O–H groups in total. The summed E-state index contributed by atoms with van der Waals surface area (Å²) < 4.78 is 5.34. The van der Waals surface area contributed by atoms with E-state index in [4.69, 9.17) is 9.84 Å². The van der Waals surface area contributed by atoms with E-state index in [2.05, 4.69) is 22.3 Å². The summed E-state index contributed by atoms with van der Waals surface area (Å²) in [6.45, 7) is 6.06. The highest BCUT2D eigenvalue weighted by Gasteiger charge is 2.08. The smallest absolute Gasteiger partial charge is 0.119 e. The van der Waals surface area contributed by atoms with Gasteiger partial charge in [0.25, 0.3) is 0 Å². The topological polar surface area (TPSA) is 44.7 Å². The van der Waals surface area contributed by atoms with Crippen LogP contribution < -0.4 is 10.1 Å². The van der Waals surface area contributed by atoms with Crippen molar-refractivity contribution < 1.29 is 9.84 Å². The third-order valence-electron chi connectivity index (χ3n) is 3.21. The highest BCUT2D eigenvalue weighted by Crippen LogP contribution is 2.12. The first-order valence-electron chi connectivity index (χ1n) is 6.64. The Bertz CT molecular complexity index is 334. The second-order valence-electron chi connectivity index (χ2n) is 4.56. The fourth-order valence-electron chi connectivity index (χ4n) is 2.14. The highest BCUT2D eigenvalue weighted by molar-refractivity contribution is 5.27. The third kappa shape index (κ3) is 4.29. The molecule has 18 heavy (non-hydrogen) atoms. The molecule has 1 aliphatic heterocycles. The zero-order valence-corrected chi connectivity index (χ0v) is 10.8. The Balaban J connectivity index is 1.75. The minimum atomic E-state index is 0.0603. The van der Waals surface area contributed by atoms with E-state index in [1.54, 1.807) is 0 Å².